The van der Waals surface area contributed by atoms with E-state index in [1.807, 2.05) is 32.0 Å². The first-order valence-corrected chi connectivity index (χ1v) is 8.38. The Balaban J connectivity index is 2.50. The van der Waals surface area contributed by atoms with Crippen LogP contribution in [0.2, 0.25) is 0 Å². The molecule has 0 heterocycles. The molecule has 1 aromatic carbocycles. The Bertz CT molecular complexity index is 498. The number of anilines is 1. The summed E-state index contributed by atoms with van der Waals surface area (Å²) in [6.07, 6.45) is 1.69. The Kier molecular flexibility index (Phi) is 6.31. The zero-order valence-corrected chi connectivity index (χ0v) is 12.8. The molecule has 0 aromatic heterocycles. The zero-order chi connectivity index (χ0) is 14.3. The highest BCUT2D eigenvalue weighted by Crippen LogP contribution is 2.17. The van der Waals surface area contributed by atoms with Crippen molar-refractivity contribution in [3.05, 3.63) is 29.3 Å². The first-order valence-electron chi connectivity index (χ1n) is 6.73. The highest BCUT2D eigenvalue weighted by molar-refractivity contribution is 7.92. The maximum Gasteiger partial charge on any atom is 0.232 e. The third-order valence-corrected chi connectivity index (χ3v) is 4.20. The van der Waals surface area contributed by atoms with Crippen LogP contribution in [0.15, 0.2) is 18.2 Å². The molecule has 2 N–H and O–H groups in total. The first-order chi connectivity index (χ1) is 8.94. The highest BCUT2D eigenvalue weighted by atomic mass is 32.2. The number of hydrogen-bond donors (Lipinski definition) is 2. The van der Waals surface area contributed by atoms with Crippen molar-refractivity contribution in [2.75, 3.05) is 23.6 Å². The van der Waals surface area contributed by atoms with Crippen LogP contribution in [-0.2, 0) is 10.0 Å². The van der Waals surface area contributed by atoms with Crippen LogP contribution < -0.4 is 10.0 Å². The van der Waals surface area contributed by atoms with E-state index in [0.29, 0.717) is 12.1 Å². The lowest BCUT2D eigenvalue weighted by Gasteiger charge is -2.11. The van der Waals surface area contributed by atoms with E-state index in [1.165, 1.54) is 0 Å². The summed E-state index contributed by atoms with van der Waals surface area (Å²) in [5, 5.41) is 3.20. The Morgan fingerprint density at radius 2 is 1.89 bits per heavy atom. The fourth-order valence-corrected chi connectivity index (χ4v) is 3.03. The molecular weight excluding hydrogens is 260 g/mol. The van der Waals surface area contributed by atoms with E-state index >= 15 is 0 Å². The summed E-state index contributed by atoms with van der Waals surface area (Å²) < 4.78 is 26.5. The van der Waals surface area contributed by atoms with Gasteiger partial charge in [-0.1, -0.05) is 24.6 Å². The molecule has 0 aliphatic carbocycles. The first kappa shape index (κ1) is 16.0. The minimum absolute atomic E-state index is 0.150. The molecule has 108 valence electrons. The number of hydrogen-bond acceptors (Lipinski definition) is 3. The molecule has 0 aliphatic rings. The predicted molar refractivity (Wildman–Crippen MR) is 81.1 cm³/mol. The van der Waals surface area contributed by atoms with E-state index in [4.69, 9.17) is 0 Å². The molecule has 0 atom stereocenters. The van der Waals surface area contributed by atoms with Crippen LogP contribution >= 0.6 is 0 Å². The van der Waals surface area contributed by atoms with Crippen molar-refractivity contribution < 1.29 is 8.42 Å². The highest BCUT2D eigenvalue weighted by Gasteiger charge is 2.11. The molecule has 0 amide bonds. The van der Waals surface area contributed by atoms with Gasteiger partial charge in [-0.15, -0.1) is 0 Å². The number of aryl methyl sites for hydroxylation is 2. The predicted octanol–water partition coefficient (Wildman–Crippen LogP) is 2.43. The molecule has 0 saturated carbocycles. The second-order valence-corrected chi connectivity index (χ2v) is 6.68. The molecule has 5 heteroatoms. The molecular formula is C14H24N2O2S. The van der Waals surface area contributed by atoms with Gasteiger partial charge in [0.15, 0.2) is 0 Å². The summed E-state index contributed by atoms with van der Waals surface area (Å²) in [5.74, 6) is 0.150. The van der Waals surface area contributed by atoms with Crippen molar-refractivity contribution in [1.82, 2.24) is 5.32 Å². The Morgan fingerprint density at radius 1 is 1.16 bits per heavy atom. The SMILES string of the molecule is CCCNCCCS(=O)(=O)Nc1ccc(C)cc1C. The Morgan fingerprint density at radius 3 is 2.53 bits per heavy atom. The van der Waals surface area contributed by atoms with Crippen molar-refractivity contribution in [3.8, 4) is 0 Å². The fourth-order valence-electron chi connectivity index (χ4n) is 1.84. The van der Waals surface area contributed by atoms with E-state index in [9.17, 15) is 8.42 Å². The Labute approximate surface area is 116 Å². The second kappa shape index (κ2) is 7.50. The lowest BCUT2D eigenvalue weighted by molar-refractivity contribution is 0.593. The van der Waals surface area contributed by atoms with Gasteiger partial charge in [-0.25, -0.2) is 8.42 Å². The van der Waals surface area contributed by atoms with Crippen LogP contribution in [0.25, 0.3) is 0 Å². The minimum atomic E-state index is -3.25. The average molecular weight is 284 g/mol. The van der Waals surface area contributed by atoms with E-state index < -0.39 is 10.0 Å². The summed E-state index contributed by atoms with van der Waals surface area (Å²) in [7, 11) is -3.25. The summed E-state index contributed by atoms with van der Waals surface area (Å²) in [5.41, 5.74) is 2.75. The number of nitrogens with one attached hydrogen (secondary N) is 2. The van der Waals surface area contributed by atoms with E-state index in [2.05, 4.69) is 17.0 Å². The normalized spacial score (nSPS) is 11.5. The average Bonchev–Trinajstić information content (AvgIpc) is 2.32. The van der Waals surface area contributed by atoms with Gasteiger partial charge < -0.3 is 5.32 Å². The zero-order valence-electron chi connectivity index (χ0n) is 12.0. The molecule has 0 bridgehead atoms. The lowest BCUT2D eigenvalue weighted by Crippen LogP contribution is -2.22. The third-order valence-electron chi connectivity index (χ3n) is 2.84. The molecule has 4 nitrogen and oxygen atoms in total. The standard InChI is InChI=1S/C14H24N2O2S/c1-4-8-15-9-5-10-19(17,18)16-14-7-6-12(2)11-13(14)3/h6-7,11,15-16H,4-5,8-10H2,1-3H3. The van der Waals surface area contributed by atoms with Gasteiger partial charge in [0.25, 0.3) is 0 Å². The van der Waals surface area contributed by atoms with Crippen molar-refractivity contribution in [2.45, 2.75) is 33.6 Å². The van der Waals surface area contributed by atoms with Gasteiger partial charge in [-0.3, -0.25) is 4.72 Å². The van der Waals surface area contributed by atoms with Gasteiger partial charge in [0, 0.05) is 0 Å². The van der Waals surface area contributed by atoms with Crippen molar-refractivity contribution in [3.63, 3.8) is 0 Å². The largest absolute Gasteiger partial charge is 0.317 e. The van der Waals surface area contributed by atoms with Crippen LogP contribution in [0.5, 0.6) is 0 Å². The molecule has 0 saturated heterocycles. The van der Waals surface area contributed by atoms with Crippen molar-refractivity contribution in [1.29, 1.82) is 0 Å². The van der Waals surface area contributed by atoms with E-state index in [1.54, 1.807) is 0 Å². The quantitative estimate of drug-likeness (QED) is 0.721. The number of sulfonamides is 1. The third kappa shape index (κ3) is 6.07. The van der Waals surface area contributed by atoms with Gasteiger partial charge in [0.05, 0.1) is 11.4 Å². The summed E-state index contributed by atoms with van der Waals surface area (Å²) >= 11 is 0. The molecule has 19 heavy (non-hydrogen) atoms. The van der Waals surface area contributed by atoms with Crippen LogP contribution in [-0.4, -0.2) is 27.3 Å². The molecule has 0 aliphatic heterocycles. The van der Waals surface area contributed by atoms with Crippen LogP contribution in [0.4, 0.5) is 5.69 Å². The summed E-state index contributed by atoms with van der Waals surface area (Å²) in [4.78, 5) is 0. The smallest absolute Gasteiger partial charge is 0.232 e. The van der Waals surface area contributed by atoms with Crippen molar-refractivity contribution >= 4 is 15.7 Å². The number of benzene rings is 1. The summed E-state index contributed by atoms with van der Waals surface area (Å²) in [6.45, 7) is 7.66. The van der Waals surface area contributed by atoms with Gasteiger partial charge in [-0.05, 0) is 51.4 Å². The molecule has 0 fully saturated rings. The van der Waals surface area contributed by atoms with Crippen LogP contribution in [0.1, 0.15) is 30.9 Å². The molecule has 0 spiro atoms. The molecule has 0 radical (unpaired) electrons. The Hall–Kier alpha value is -1.07. The monoisotopic (exact) mass is 284 g/mol. The van der Waals surface area contributed by atoms with E-state index in [-0.39, 0.29) is 5.75 Å². The lowest BCUT2D eigenvalue weighted by atomic mass is 10.1. The van der Waals surface area contributed by atoms with Gasteiger partial charge in [0.2, 0.25) is 10.0 Å². The summed E-state index contributed by atoms with van der Waals surface area (Å²) in [6, 6.07) is 5.70. The van der Waals surface area contributed by atoms with E-state index in [0.717, 1.165) is 30.6 Å². The maximum atomic E-state index is 11.9. The van der Waals surface area contributed by atoms with Gasteiger partial charge >= 0.3 is 0 Å². The molecule has 1 rings (SSSR count). The topological polar surface area (TPSA) is 58.2 Å². The van der Waals surface area contributed by atoms with Gasteiger partial charge in [0.1, 0.15) is 0 Å². The molecule has 1 aromatic rings. The minimum Gasteiger partial charge on any atom is -0.317 e. The van der Waals surface area contributed by atoms with Gasteiger partial charge in [-0.2, -0.15) is 0 Å². The fraction of sp³-hybridized carbons (Fsp3) is 0.571. The van der Waals surface area contributed by atoms with Crippen LogP contribution in [0.3, 0.4) is 0 Å². The van der Waals surface area contributed by atoms with Crippen molar-refractivity contribution in [2.24, 2.45) is 0 Å². The number of rotatable bonds is 8. The second-order valence-electron chi connectivity index (χ2n) is 4.84. The maximum absolute atomic E-state index is 11.9. The molecule has 0 unspecified atom stereocenters. The van der Waals surface area contributed by atoms with Crippen LogP contribution in [0, 0.1) is 13.8 Å².